The number of amides is 1. The third-order valence-corrected chi connectivity index (χ3v) is 4.47. The largest absolute Gasteiger partial charge is 0.434 e. The van der Waals surface area contributed by atoms with Crippen LogP contribution in [-0.4, -0.2) is 21.0 Å². The number of oxazole rings is 1. The number of nitrogens with zero attached hydrogens (tertiary/aromatic N) is 2. The van der Waals surface area contributed by atoms with Gasteiger partial charge in [0, 0.05) is 17.4 Å². The number of anilines is 1. The van der Waals surface area contributed by atoms with Crippen molar-refractivity contribution >= 4 is 51.8 Å². The minimum absolute atomic E-state index is 0.0479. The van der Waals surface area contributed by atoms with Crippen LogP contribution in [0.3, 0.4) is 0 Å². The number of carbonyl (C=O) groups excluding carboxylic acids is 1. The summed E-state index contributed by atoms with van der Waals surface area (Å²) in [4.78, 5) is 20.7. The van der Waals surface area contributed by atoms with Gasteiger partial charge in [0.15, 0.2) is 16.3 Å². The number of fused-ring (bicyclic) bond motifs is 1. The highest BCUT2D eigenvalue weighted by Crippen LogP contribution is 2.31. The van der Waals surface area contributed by atoms with E-state index in [1.54, 1.807) is 36.5 Å². The van der Waals surface area contributed by atoms with Gasteiger partial charge in [-0.1, -0.05) is 17.7 Å². The zero-order chi connectivity index (χ0) is 20.4. The predicted octanol–water partition coefficient (Wildman–Crippen LogP) is 4.81. The molecule has 2 aromatic carbocycles. The van der Waals surface area contributed by atoms with E-state index in [0.29, 0.717) is 33.4 Å². The maximum Gasteiger partial charge on any atom is 0.257 e. The molecule has 0 bridgehead atoms. The second-order valence-corrected chi connectivity index (χ2v) is 6.77. The minimum atomic E-state index is -0.527. The highest BCUT2D eigenvalue weighted by atomic mass is 35.5. The summed E-state index contributed by atoms with van der Waals surface area (Å²) in [7, 11) is 0. The number of hydrogen-bond donors (Lipinski definition) is 2. The molecule has 0 radical (unpaired) electrons. The molecule has 2 aromatic heterocycles. The Balaban J connectivity index is 1.53. The summed E-state index contributed by atoms with van der Waals surface area (Å²) in [5, 5.41) is 5.87. The van der Waals surface area contributed by atoms with Crippen LogP contribution in [0.5, 0.6) is 0 Å². The predicted molar refractivity (Wildman–Crippen MR) is 112 cm³/mol. The van der Waals surface area contributed by atoms with Gasteiger partial charge >= 0.3 is 0 Å². The fourth-order valence-electron chi connectivity index (χ4n) is 2.62. The molecule has 2 N–H and O–H groups in total. The molecule has 0 spiro atoms. The molecule has 9 heteroatoms. The van der Waals surface area contributed by atoms with Crippen molar-refractivity contribution in [3.05, 3.63) is 77.2 Å². The van der Waals surface area contributed by atoms with E-state index < -0.39 is 11.7 Å². The summed E-state index contributed by atoms with van der Waals surface area (Å²) in [5.74, 6) is -0.727. The van der Waals surface area contributed by atoms with Gasteiger partial charge in [0.2, 0.25) is 5.89 Å². The van der Waals surface area contributed by atoms with Gasteiger partial charge in [-0.3, -0.25) is 10.1 Å². The Hall–Kier alpha value is -3.36. The molecule has 0 aliphatic rings. The lowest BCUT2D eigenvalue weighted by atomic mass is 10.2. The third-order valence-electron chi connectivity index (χ3n) is 3.93. The van der Waals surface area contributed by atoms with Gasteiger partial charge in [0.1, 0.15) is 5.82 Å². The normalized spacial score (nSPS) is 10.7. The van der Waals surface area contributed by atoms with Crippen LogP contribution >= 0.6 is 23.8 Å². The SMILES string of the molecule is O=C(NC(=S)Nc1ccc(Cl)c(-c2nc3ncccc3o2)c1)c1cccc(F)c1. The Morgan fingerprint density at radius 1 is 1.14 bits per heavy atom. The molecule has 1 amide bonds. The van der Waals surface area contributed by atoms with Gasteiger partial charge < -0.3 is 9.73 Å². The monoisotopic (exact) mass is 426 g/mol. The maximum absolute atomic E-state index is 13.3. The fourth-order valence-corrected chi connectivity index (χ4v) is 3.03. The molecule has 0 atom stereocenters. The molecule has 6 nitrogen and oxygen atoms in total. The van der Waals surface area contributed by atoms with Crippen molar-refractivity contribution in [3.63, 3.8) is 0 Å². The van der Waals surface area contributed by atoms with Gasteiger partial charge in [-0.2, -0.15) is 4.98 Å². The Labute approximate surface area is 174 Å². The van der Waals surface area contributed by atoms with Crippen molar-refractivity contribution in [1.82, 2.24) is 15.3 Å². The summed E-state index contributed by atoms with van der Waals surface area (Å²) in [5.41, 5.74) is 2.26. The number of benzene rings is 2. The van der Waals surface area contributed by atoms with Crippen LogP contribution in [0.2, 0.25) is 5.02 Å². The van der Waals surface area contributed by atoms with E-state index >= 15 is 0 Å². The average Bonchev–Trinajstić information content (AvgIpc) is 3.13. The first-order valence-electron chi connectivity index (χ1n) is 8.39. The Morgan fingerprint density at radius 3 is 2.79 bits per heavy atom. The molecule has 144 valence electrons. The highest BCUT2D eigenvalue weighted by molar-refractivity contribution is 7.80. The average molecular weight is 427 g/mol. The molecule has 2 heterocycles. The van der Waals surface area contributed by atoms with E-state index in [-0.39, 0.29) is 10.7 Å². The number of hydrogen-bond acceptors (Lipinski definition) is 5. The van der Waals surface area contributed by atoms with Gasteiger partial charge in [-0.25, -0.2) is 9.37 Å². The van der Waals surface area contributed by atoms with Crippen LogP contribution < -0.4 is 10.6 Å². The highest BCUT2D eigenvalue weighted by Gasteiger charge is 2.14. The van der Waals surface area contributed by atoms with Crippen LogP contribution in [0.4, 0.5) is 10.1 Å². The van der Waals surface area contributed by atoms with Crippen LogP contribution in [0.1, 0.15) is 10.4 Å². The van der Waals surface area contributed by atoms with Gasteiger partial charge in [-0.15, -0.1) is 0 Å². The quantitative estimate of drug-likeness (QED) is 0.458. The summed E-state index contributed by atoms with van der Waals surface area (Å²) in [6.45, 7) is 0. The molecule has 0 aliphatic carbocycles. The summed E-state index contributed by atoms with van der Waals surface area (Å²) in [6, 6.07) is 13.8. The maximum atomic E-state index is 13.3. The van der Waals surface area contributed by atoms with Crippen LogP contribution in [-0.2, 0) is 0 Å². The van der Waals surface area contributed by atoms with Crippen molar-refractivity contribution < 1.29 is 13.6 Å². The molecule has 0 unspecified atom stereocenters. The zero-order valence-corrected chi connectivity index (χ0v) is 16.2. The Kier molecular flexibility index (Phi) is 5.20. The van der Waals surface area contributed by atoms with E-state index in [9.17, 15) is 9.18 Å². The van der Waals surface area contributed by atoms with Crippen molar-refractivity contribution in [3.8, 4) is 11.5 Å². The molecule has 4 rings (SSSR count). The van der Waals surface area contributed by atoms with Gasteiger partial charge in [0.05, 0.1) is 10.6 Å². The number of halogens is 2. The van der Waals surface area contributed by atoms with Crippen LogP contribution in [0.15, 0.2) is 65.2 Å². The van der Waals surface area contributed by atoms with Crippen molar-refractivity contribution in [2.75, 3.05) is 5.32 Å². The van der Waals surface area contributed by atoms with E-state index in [4.69, 9.17) is 28.2 Å². The van der Waals surface area contributed by atoms with Gasteiger partial charge in [0.25, 0.3) is 5.91 Å². The van der Waals surface area contributed by atoms with Crippen molar-refractivity contribution in [2.45, 2.75) is 0 Å². The van der Waals surface area contributed by atoms with Crippen molar-refractivity contribution in [1.29, 1.82) is 0 Å². The Morgan fingerprint density at radius 2 is 2.00 bits per heavy atom. The third kappa shape index (κ3) is 4.23. The first kappa shape index (κ1) is 19.0. The van der Waals surface area contributed by atoms with E-state index in [0.717, 1.165) is 6.07 Å². The molecule has 4 aromatic rings. The van der Waals surface area contributed by atoms with Crippen molar-refractivity contribution in [2.24, 2.45) is 0 Å². The van der Waals surface area contributed by atoms with E-state index in [1.807, 2.05) is 0 Å². The van der Waals surface area contributed by atoms with E-state index in [2.05, 4.69) is 20.6 Å². The number of nitrogens with one attached hydrogen (secondary N) is 2. The second kappa shape index (κ2) is 7.94. The summed E-state index contributed by atoms with van der Waals surface area (Å²) < 4.78 is 19.0. The smallest absolute Gasteiger partial charge is 0.257 e. The number of carbonyl (C=O) groups is 1. The fraction of sp³-hybridized carbons (Fsp3) is 0. The lowest BCUT2D eigenvalue weighted by Gasteiger charge is -2.11. The van der Waals surface area contributed by atoms with Gasteiger partial charge in [-0.05, 0) is 60.7 Å². The van der Waals surface area contributed by atoms with E-state index in [1.165, 1.54) is 18.2 Å². The second-order valence-electron chi connectivity index (χ2n) is 5.96. The lowest BCUT2D eigenvalue weighted by molar-refractivity contribution is 0.0977. The topological polar surface area (TPSA) is 80.0 Å². The standard InChI is InChI=1S/C20H12ClFN4O2S/c21-15-7-6-13(10-14(15)19-25-17-16(28-19)5-2-8-23-17)24-20(29)26-18(27)11-3-1-4-12(22)9-11/h1-10H,(H2,24,26,27,29). The first-order chi connectivity index (χ1) is 14.0. The minimum Gasteiger partial charge on any atom is -0.434 e. The molecular formula is C20H12ClFN4O2S. The number of pyridine rings is 1. The van der Waals surface area contributed by atoms with Crippen LogP contribution in [0, 0.1) is 5.82 Å². The number of thiocarbonyl (C=S) groups is 1. The first-order valence-corrected chi connectivity index (χ1v) is 9.17. The number of rotatable bonds is 3. The molecule has 0 fully saturated rings. The number of aromatic nitrogens is 2. The molecule has 0 saturated carbocycles. The molecule has 0 aliphatic heterocycles. The lowest BCUT2D eigenvalue weighted by Crippen LogP contribution is -2.34. The summed E-state index contributed by atoms with van der Waals surface area (Å²) in [6.07, 6.45) is 1.62. The Bertz CT molecular complexity index is 1210. The summed E-state index contributed by atoms with van der Waals surface area (Å²) >= 11 is 11.5. The molecule has 0 saturated heterocycles. The molecule has 29 heavy (non-hydrogen) atoms. The molecular weight excluding hydrogens is 415 g/mol. The van der Waals surface area contributed by atoms with Crippen LogP contribution in [0.25, 0.3) is 22.7 Å². The zero-order valence-electron chi connectivity index (χ0n) is 14.6.